The van der Waals surface area contributed by atoms with Crippen molar-refractivity contribution in [2.24, 2.45) is 0 Å². The zero-order valence-corrected chi connectivity index (χ0v) is 8.09. The van der Waals surface area contributed by atoms with E-state index in [1.165, 1.54) is 6.08 Å². The molecule has 0 rings (SSSR count). The number of rotatable bonds is 2. The van der Waals surface area contributed by atoms with Gasteiger partial charge in [-0.15, -0.1) is 0 Å². The first-order valence-corrected chi connectivity index (χ1v) is 2.36. The molecule has 0 spiro atoms. The Morgan fingerprint density at radius 2 is 2.00 bits per heavy atom. The van der Waals surface area contributed by atoms with Gasteiger partial charge in [0.25, 0.3) is 0 Å². The van der Waals surface area contributed by atoms with Crippen molar-refractivity contribution in [2.45, 2.75) is 6.42 Å². The molecule has 1 radical (unpaired) electrons. The van der Waals surface area contributed by atoms with Crippen LogP contribution in [0.1, 0.15) is 6.42 Å². The molecule has 0 aliphatic carbocycles. The number of hydrogen-bond acceptors (Lipinski definition) is 2. The van der Waals surface area contributed by atoms with Crippen molar-refractivity contribution < 1.29 is 42.8 Å². The van der Waals surface area contributed by atoms with E-state index in [1.807, 2.05) is 0 Å². The zero-order chi connectivity index (χ0) is 6.57. The van der Waals surface area contributed by atoms with Gasteiger partial charge in [0.05, 0.1) is 0 Å². The predicted octanol–water partition coefficient (Wildman–Crippen LogP) is -0.0194. The second kappa shape index (κ2) is 6.81. The van der Waals surface area contributed by atoms with Gasteiger partial charge >= 0.3 is 7.12 Å². The third-order valence-corrected chi connectivity index (χ3v) is 0.883. The first-order chi connectivity index (χ1) is 3.72. The van der Waals surface area contributed by atoms with Crippen LogP contribution in [0.4, 0.5) is 0 Å². The molecular weight excluding hydrogens is 192 g/mol. The minimum absolute atomic E-state index is 0. The van der Waals surface area contributed by atoms with Gasteiger partial charge < -0.3 is 17.0 Å². The van der Waals surface area contributed by atoms with Crippen molar-refractivity contribution in [2.75, 3.05) is 0 Å². The molecule has 2 nitrogen and oxygen atoms in total. The maximum absolute atomic E-state index is 8.42. The van der Waals surface area contributed by atoms with Crippen molar-refractivity contribution in [1.29, 1.82) is 0 Å². The third kappa shape index (κ3) is 5.16. The second-order valence-corrected chi connectivity index (χ2v) is 1.40. The second-order valence-electron chi connectivity index (χ2n) is 1.40. The summed E-state index contributed by atoms with van der Waals surface area (Å²) in [6.45, 7) is 6.81. The van der Waals surface area contributed by atoms with E-state index in [0.717, 1.165) is 0 Å². The Labute approximate surface area is 81.4 Å². The summed E-state index contributed by atoms with van der Waals surface area (Å²) in [4.78, 5) is 0. The molecule has 0 aromatic carbocycles. The van der Waals surface area contributed by atoms with Gasteiger partial charge in [-0.1, -0.05) is 0 Å². The first kappa shape index (κ1) is 12.4. The molecule has 0 aromatic heterocycles. The van der Waals surface area contributed by atoms with E-state index in [-0.39, 0.29) is 32.7 Å². The van der Waals surface area contributed by atoms with Crippen LogP contribution in [-0.4, -0.2) is 17.2 Å². The van der Waals surface area contributed by atoms with Crippen LogP contribution >= 0.6 is 0 Å². The van der Waals surface area contributed by atoms with Crippen molar-refractivity contribution in [1.82, 2.24) is 0 Å². The largest absolute Gasteiger partial charge is 0.438 e. The molecule has 0 saturated carbocycles. The predicted molar refractivity (Wildman–Crippen MR) is 33.6 cm³/mol. The van der Waals surface area contributed by atoms with Crippen LogP contribution in [0.25, 0.3) is 0 Å². The minimum atomic E-state index is -1.38. The summed E-state index contributed by atoms with van der Waals surface area (Å²) >= 11 is 0. The van der Waals surface area contributed by atoms with Gasteiger partial charge in [-0.25, -0.2) is 24.9 Å². The van der Waals surface area contributed by atoms with Crippen LogP contribution in [0.15, 0.2) is 11.5 Å². The van der Waals surface area contributed by atoms with Gasteiger partial charge in [-0.2, -0.15) is 0 Å². The summed E-state index contributed by atoms with van der Waals surface area (Å²) in [6.07, 6.45) is 1.79. The summed E-state index contributed by atoms with van der Waals surface area (Å²) in [6, 6.07) is 0. The van der Waals surface area contributed by atoms with E-state index in [1.54, 1.807) is 0 Å². The van der Waals surface area contributed by atoms with E-state index < -0.39 is 7.12 Å². The van der Waals surface area contributed by atoms with Crippen molar-refractivity contribution in [3.63, 3.8) is 0 Å². The van der Waals surface area contributed by atoms with Gasteiger partial charge in [0.2, 0.25) is 0 Å². The summed E-state index contributed by atoms with van der Waals surface area (Å²) < 4.78 is 0. The van der Waals surface area contributed by atoms with Crippen molar-refractivity contribution in [3.05, 3.63) is 25.4 Å². The molecule has 0 bridgehead atoms. The molecule has 0 unspecified atom stereocenters. The Kier molecular flexibility index (Phi) is 9.37. The monoisotopic (exact) mass is 201 g/mol. The molecule has 49 valence electrons. The Bertz CT molecular complexity index is 93.0. The van der Waals surface area contributed by atoms with Crippen LogP contribution in [0.2, 0.25) is 0 Å². The normalized spacial score (nSPS) is 10.3. The first-order valence-electron chi connectivity index (χ1n) is 2.36. The molecule has 0 saturated heterocycles. The average molecular weight is 201 g/mol. The van der Waals surface area contributed by atoms with Crippen molar-refractivity contribution >= 4 is 7.12 Å². The molecule has 0 amide bonds. The summed E-state index contributed by atoms with van der Waals surface area (Å²) in [5.41, 5.74) is 0.449. The summed E-state index contributed by atoms with van der Waals surface area (Å²) in [5, 5.41) is 16.8. The summed E-state index contributed by atoms with van der Waals surface area (Å²) in [5.74, 6) is 0. The number of allylic oxidation sites excluding steroid dienone is 2. The molecular formula is C5H9BO2Y-2. The van der Waals surface area contributed by atoms with Gasteiger partial charge in [0, 0.05) is 32.7 Å². The average Bonchev–Trinajstić information content (AvgIpc) is 1.69. The van der Waals surface area contributed by atoms with E-state index in [2.05, 4.69) is 13.8 Å². The van der Waals surface area contributed by atoms with Crippen LogP contribution in [0, 0.1) is 13.8 Å². The maximum Gasteiger partial charge on any atom is 0.375 e. The third-order valence-electron chi connectivity index (χ3n) is 0.883. The van der Waals surface area contributed by atoms with Gasteiger partial charge in [-0.3, -0.25) is 0 Å². The van der Waals surface area contributed by atoms with Crippen molar-refractivity contribution in [3.8, 4) is 0 Å². The molecule has 0 heterocycles. The molecule has 4 heteroatoms. The smallest absolute Gasteiger partial charge is 0.375 e. The van der Waals surface area contributed by atoms with E-state index in [9.17, 15) is 0 Å². The maximum atomic E-state index is 8.42. The van der Waals surface area contributed by atoms with Crippen LogP contribution in [-0.2, 0) is 32.7 Å². The van der Waals surface area contributed by atoms with E-state index in [0.29, 0.717) is 11.9 Å². The van der Waals surface area contributed by atoms with Gasteiger partial charge in [0.1, 0.15) is 0 Å². The summed E-state index contributed by atoms with van der Waals surface area (Å²) in [7, 11) is -1.38. The molecule has 0 atom stereocenters. The minimum Gasteiger partial charge on any atom is -0.438 e. The molecule has 9 heavy (non-hydrogen) atoms. The Morgan fingerprint density at radius 3 is 2.00 bits per heavy atom. The molecule has 0 aromatic rings. The quantitative estimate of drug-likeness (QED) is 0.486. The van der Waals surface area contributed by atoms with E-state index >= 15 is 0 Å². The van der Waals surface area contributed by atoms with Gasteiger partial charge in [0.15, 0.2) is 0 Å². The van der Waals surface area contributed by atoms with Crippen LogP contribution in [0.5, 0.6) is 0 Å². The fourth-order valence-electron chi connectivity index (χ4n) is 0.337. The Balaban J connectivity index is 0. The zero-order valence-electron chi connectivity index (χ0n) is 5.25. The number of hydrogen-bond donors (Lipinski definition) is 2. The fraction of sp³-hybridized carbons (Fsp3) is 0.200. The van der Waals surface area contributed by atoms with E-state index in [4.69, 9.17) is 10.0 Å². The molecule has 0 fully saturated rings. The molecule has 0 aliphatic heterocycles. The van der Waals surface area contributed by atoms with Crippen LogP contribution < -0.4 is 0 Å². The van der Waals surface area contributed by atoms with Crippen LogP contribution in [0.3, 0.4) is 0 Å². The van der Waals surface area contributed by atoms with Gasteiger partial charge in [-0.05, 0) is 0 Å². The molecule has 2 N–H and O–H groups in total. The molecule has 0 aliphatic rings. The standard InChI is InChI=1S/C5H9BO2.Y/c1-3-5(4-2)6(7)8;/h3,7-8H,1-2,4H2;/q-2;/b5-3+;. The Morgan fingerprint density at radius 1 is 1.56 bits per heavy atom. The Hall–Kier alpha value is 0.699. The SMILES string of the molecule is [CH2-]/C=C(\C[CH2-])B(O)O.[Y]. The fourth-order valence-corrected chi connectivity index (χ4v) is 0.337. The topological polar surface area (TPSA) is 40.5 Å².